The molecule has 17 heavy (non-hydrogen) atoms. The van der Waals surface area contributed by atoms with Crippen LogP contribution < -0.4 is 5.32 Å². The molecule has 1 aromatic heterocycles. The molecule has 0 saturated carbocycles. The number of hydrogen-bond donors (Lipinski definition) is 2. The Morgan fingerprint density at radius 2 is 2.35 bits per heavy atom. The maximum Gasteiger partial charge on any atom is 0.405 e. The van der Waals surface area contributed by atoms with Crippen LogP contribution in [0.3, 0.4) is 0 Å². The van der Waals surface area contributed by atoms with Crippen LogP contribution in [-0.2, 0) is 6.54 Å². The summed E-state index contributed by atoms with van der Waals surface area (Å²) in [5, 5.41) is 11.5. The van der Waals surface area contributed by atoms with Gasteiger partial charge in [0.2, 0.25) is 0 Å². The predicted octanol–water partition coefficient (Wildman–Crippen LogP) is 2.42. The molecule has 0 radical (unpaired) electrons. The van der Waals surface area contributed by atoms with Crippen molar-refractivity contribution < 1.29 is 9.90 Å². The van der Waals surface area contributed by atoms with Crippen LogP contribution in [0.15, 0.2) is 18.3 Å². The van der Waals surface area contributed by atoms with Gasteiger partial charge in [-0.05, 0) is 24.5 Å². The second-order valence-corrected chi connectivity index (χ2v) is 4.79. The summed E-state index contributed by atoms with van der Waals surface area (Å²) in [7, 11) is 0. The van der Waals surface area contributed by atoms with Gasteiger partial charge in [-0.15, -0.1) is 0 Å². The van der Waals surface area contributed by atoms with Gasteiger partial charge in [-0.1, -0.05) is 18.6 Å². The first-order valence-corrected chi connectivity index (χ1v) is 6.12. The van der Waals surface area contributed by atoms with E-state index in [0.29, 0.717) is 5.92 Å². The average molecular weight is 232 g/mol. The molecule has 4 heteroatoms. The van der Waals surface area contributed by atoms with E-state index in [4.69, 9.17) is 5.11 Å². The first-order chi connectivity index (χ1) is 8.25. The molecular weight excluding hydrogens is 216 g/mol. The summed E-state index contributed by atoms with van der Waals surface area (Å²) in [4.78, 5) is 10.8. The molecule has 2 atom stereocenters. The zero-order valence-corrected chi connectivity index (χ0v) is 9.60. The molecule has 2 aliphatic rings. The minimum atomic E-state index is -0.939. The van der Waals surface area contributed by atoms with Gasteiger partial charge in [0.05, 0.1) is 6.04 Å². The number of aromatic nitrogens is 1. The van der Waals surface area contributed by atoms with Crippen molar-refractivity contribution in [2.24, 2.45) is 0 Å². The van der Waals surface area contributed by atoms with Crippen LogP contribution >= 0.6 is 0 Å². The van der Waals surface area contributed by atoms with Crippen LogP contribution in [0, 0.1) is 0 Å². The Bertz CT molecular complexity index is 476. The zero-order chi connectivity index (χ0) is 11.8. The van der Waals surface area contributed by atoms with E-state index in [1.54, 1.807) is 0 Å². The van der Waals surface area contributed by atoms with Gasteiger partial charge >= 0.3 is 6.09 Å². The summed E-state index contributed by atoms with van der Waals surface area (Å²) >= 11 is 0. The van der Waals surface area contributed by atoms with Crippen molar-refractivity contribution in [3.8, 4) is 0 Å². The summed E-state index contributed by atoms with van der Waals surface area (Å²) in [5.74, 6) is 0.295. The van der Waals surface area contributed by atoms with Crippen molar-refractivity contribution in [1.82, 2.24) is 9.88 Å². The summed E-state index contributed by atoms with van der Waals surface area (Å²) in [5.41, 5.74) is 2.56. The third-order valence-corrected chi connectivity index (χ3v) is 3.76. The number of carboxylic acid groups (broad SMARTS) is 1. The molecule has 1 aromatic rings. The Kier molecular flexibility index (Phi) is 2.42. The highest BCUT2D eigenvalue weighted by atomic mass is 16.4. The number of rotatable bonds is 1. The Hall–Kier alpha value is -1.71. The fraction of sp³-hybridized carbons (Fsp3) is 0.462. The SMILES string of the molecule is O=C(O)NC1C=Cc2ccn3c2C1CCCC3. The standard InChI is InChI=1S/C13H16N2O2/c16-13(17)14-11-5-4-9-6-8-15-7-2-1-3-10(11)12(9)15/h4-6,8,10-11,14H,1-3,7H2,(H,16,17). The molecule has 4 nitrogen and oxygen atoms in total. The lowest BCUT2D eigenvalue weighted by atomic mass is 9.85. The lowest BCUT2D eigenvalue weighted by Gasteiger charge is -2.28. The van der Waals surface area contributed by atoms with Crippen molar-refractivity contribution in [2.75, 3.05) is 0 Å². The zero-order valence-electron chi connectivity index (χ0n) is 9.60. The van der Waals surface area contributed by atoms with Crippen LogP contribution in [0.2, 0.25) is 0 Å². The van der Waals surface area contributed by atoms with Gasteiger partial charge in [-0.25, -0.2) is 4.79 Å². The van der Waals surface area contributed by atoms with Crippen LogP contribution in [0.5, 0.6) is 0 Å². The number of nitrogens with one attached hydrogen (secondary N) is 1. The maximum absolute atomic E-state index is 10.8. The second kappa shape index (κ2) is 3.95. The minimum absolute atomic E-state index is 0.0771. The average Bonchev–Trinajstić information content (AvgIpc) is 2.56. The second-order valence-electron chi connectivity index (χ2n) is 4.79. The predicted molar refractivity (Wildman–Crippen MR) is 65.0 cm³/mol. The summed E-state index contributed by atoms with van der Waals surface area (Å²) < 4.78 is 2.28. The van der Waals surface area contributed by atoms with E-state index >= 15 is 0 Å². The van der Waals surface area contributed by atoms with Gasteiger partial charge < -0.3 is 15.0 Å². The van der Waals surface area contributed by atoms with Gasteiger partial charge in [0.25, 0.3) is 0 Å². The number of aryl methyl sites for hydroxylation is 1. The number of hydrogen-bond acceptors (Lipinski definition) is 1. The molecule has 0 bridgehead atoms. The Labute approximate surface area is 99.9 Å². The van der Waals surface area contributed by atoms with E-state index < -0.39 is 6.09 Å². The van der Waals surface area contributed by atoms with E-state index in [9.17, 15) is 4.79 Å². The summed E-state index contributed by atoms with van der Waals surface area (Å²) in [6.45, 7) is 1.06. The lowest BCUT2D eigenvalue weighted by Crippen LogP contribution is -2.38. The largest absolute Gasteiger partial charge is 0.465 e. The quantitative estimate of drug-likeness (QED) is 0.781. The molecule has 90 valence electrons. The van der Waals surface area contributed by atoms with Crippen molar-refractivity contribution in [3.63, 3.8) is 0 Å². The normalized spacial score (nSPS) is 26.1. The van der Waals surface area contributed by atoms with Crippen LogP contribution in [-0.4, -0.2) is 21.8 Å². The third-order valence-electron chi connectivity index (χ3n) is 3.76. The molecule has 0 fully saturated rings. The summed E-state index contributed by atoms with van der Waals surface area (Å²) in [6, 6.07) is 2.05. The maximum atomic E-state index is 10.8. The Morgan fingerprint density at radius 1 is 1.47 bits per heavy atom. The highest BCUT2D eigenvalue weighted by Gasteiger charge is 2.31. The van der Waals surface area contributed by atoms with E-state index in [1.165, 1.54) is 17.7 Å². The molecule has 1 amide bonds. The Balaban J connectivity index is 1.99. The van der Waals surface area contributed by atoms with Crippen molar-refractivity contribution in [3.05, 3.63) is 29.6 Å². The molecule has 0 spiro atoms. The Morgan fingerprint density at radius 3 is 3.18 bits per heavy atom. The van der Waals surface area contributed by atoms with Crippen LogP contribution in [0.4, 0.5) is 4.79 Å². The minimum Gasteiger partial charge on any atom is -0.465 e. The number of nitrogens with zero attached hydrogens (tertiary/aromatic N) is 1. The van der Waals surface area contributed by atoms with Crippen LogP contribution in [0.1, 0.15) is 36.4 Å². The molecular formula is C13H16N2O2. The van der Waals surface area contributed by atoms with E-state index in [-0.39, 0.29) is 6.04 Å². The van der Waals surface area contributed by atoms with Crippen molar-refractivity contribution in [2.45, 2.75) is 37.8 Å². The molecule has 2 N–H and O–H groups in total. The van der Waals surface area contributed by atoms with Crippen LogP contribution in [0.25, 0.3) is 6.08 Å². The van der Waals surface area contributed by atoms with E-state index in [1.807, 2.05) is 12.2 Å². The van der Waals surface area contributed by atoms with Gasteiger partial charge in [-0.3, -0.25) is 0 Å². The topological polar surface area (TPSA) is 54.3 Å². The monoisotopic (exact) mass is 232 g/mol. The molecule has 3 rings (SSSR count). The molecule has 1 aliphatic heterocycles. The fourth-order valence-corrected chi connectivity index (χ4v) is 3.03. The fourth-order valence-electron chi connectivity index (χ4n) is 3.03. The number of carbonyl (C=O) groups is 1. The first-order valence-electron chi connectivity index (χ1n) is 6.12. The first kappa shape index (κ1) is 10.4. The molecule has 2 unspecified atom stereocenters. The lowest BCUT2D eigenvalue weighted by molar-refractivity contribution is 0.190. The van der Waals surface area contributed by atoms with Gasteiger partial charge in [0, 0.05) is 24.4 Å². The number of amides is 1. The smallest absolute Gasteiger partial charge is 0.405 e. The summed E-state index contributed by atoms with van der Waals surface area (Å²) in [6.07, 6.45) is 8.60. The highest BCUT2D eigenvalue weighted by Crippen LogP contribution is 2.36. The van der Waals surface area contributed by atoms with E-state index in [2.05, 4.69) is 22.1 Å². The van der Waals surface area contributed by atoms with E-state index in [0.717, 1.165) is 19.4 Å². The third kappa shape index (κ3) is 1.73. The van der Waals surface area contributed by atoms with Gasteiger partial charge in [0.1, 0.15) is 0 Å². The van der Waals surface area contributed by atoms with Gasteiger partial charge in [0.15, 0.2) is 0 Å². The molecule has 1 aliphatic carbocycles. The molecule has 2 heterocycles. The van der Waals surface area contributed by atoms with Crippen molar-refractivity contribution in [1.29, 1.82) is 0 Å². The molecule has 0 aromatic carbocycles. The van der Waals surface area contributed by atoms with Crippen molar-refractivity contribution >= 4 is 12.2 Å². The highest BCUT2D eigenvalue weighted by molar-refractivity contribution is 5.67. The molecule has 0 saturated heterocycles. The van der Waals surface area contributed by atoms with Gasteiger partial charge in [-0.2, -0.15) is 0 Å².